The minimum Gasteiger partial charge on any atom is -0.428 e. The Morgan fingerprint density at radius 1 is 1.32 bits per heavy atom. The van der Waals surface area contributed by atoms with Gasteiger partial charge in [-0.1, -0.05) is 59.6 Å². The van der Waals surface area contributed by atoms with Crippen molar-refractivity contribution in [2.24, 2.45) is 0 Å². The SMILES string of the molecule is CC(C)NCc1nnc(Oc2cccc(Cl)c2Cl)s1. The molecule has 19 heavy (non-hydrogen) atoms. The first-order valence-corrected chi connectivity index (χ1v) is 7.31. The Hall–Kier alpha value is -0.880. The van der Waals surface area contributed by atoms with Crippen LogP contribution in [-0.4, -0.2) is 16.2 Å². The van der Waals surface area contributed by atoms with Crippen molar-refractivity contribution in [1.29, 1.82) is 0 Å². The van der Waals surface area contributed by atoms with Crippen LogP contribution in [0.3, 0.4) is 0 Å². The summed E-state index contributed by atoms with van der Waals surface area (Å²) in [5.41, 5.74) is 0. The fourth-order valence-electron chi connectivity index (χ4n) is 1.30. The van der Waals surface area contributed by atoms with E-state index in [-0.39, 0.29) is 0 Å². The first-order valence-electron chi connectivity index (χ1n) is 5.74. The first kappa shape index (κ1) is 14.5. The third-order valence-electron chi connectivity index (χ3n) is 2.22. The minimum absolute atomic E-state index is 0.376. The van der Waals surface area contributed by atoms with Crippen LogP contribution >= 0.6 is 34.5 Å². The maximum Gasteiger partial charge on any atom is 0.299 e. The van der Waals surface area contributed by atoms with Crippen LogP contribution in [0.1, 0.15) is 18.9 Å². The number of aromatic nitrogens is 2. The van der Waals surface area contributed by atoms with Gasteiger partial charge in [0, 0.05) is 6.04 Å². The Morgan fingerprint density at radius 3 is 2.84 bits per heavy atom. The zero-order valence-corrected chi connectivity index (χ0v) is 12.8. The fourth-order valence-corrected chi connectivity index (χ4v) is 2.28. The van der Waals surface area contributed by atoms with E-state index >= 15 is 0 Å². The Kier molecular flexibility index (Phi) is 4.99. The molecule has 0 unspecified atom stereocenters. The molecule has 7 heteroatoms. The maximum absolute atomic E-state index is 6.04. The van der Waals surface area contributed by atoms with E-state index < -0.39 is 0 Å². The number of rotatable bonds is 5. The molecule has 1 aromatic carbocycles. The van der Waals surface area contributed by atoms with Crippen molar-refractivity contribution in [2.75, 3.05) is 0 Å². The maximum atomic E-state index is 6.04. The molecule has 2 rings (SSSR count). The molecule has 2 aromatic rings. The monoisotopic (exact) mass is 317 g/mol. The number of ether oxygens (including phenoxy) is 1. The highest BCUT2D eigenvalue weighted by atomic mass is 35.5. The summed E-state index contributed by atoms with van der Waals surface area (Å²) in [4.78, 5) is 0. The lowest BCUT2D eigenvalue weighted by Gasteiger charge is -2.04. The van der Waals surface area contributed by atoms with Gasteiger partial charge in [0.1, 0.15) is 10.0 Å². The van der Waals surface area contributed by atoms with Crippen molar-refractivity contribution < 1.29 is 4.74 Å². The number of hydrogen-bond donors (Lipinski definition) is 1. The lowest BCUT2D eigenvalue weighted by atomic mass is 10.3. The van der Waals surface area contributed by atoms with Gasteiger partial charge < -0.3 is 10.1 Å². The molecule has 102 valence electrons. The first-order chi connectivity index (χ1) is 9.06. The van der Waals surface area contributed by atoms with E-state index in [1.807, 2.05) is 0 Å². The summed E-state index contributed by atoms with van der Waals surface area (Å²) in [6, 6.07) is 5.61. The van der Waals surface area contributed by atoms with E-state index in [0.29, 0.717) is 33.6 Å². The molecule has 1 N–H and O–H groups in total. The van der Waals surface area contributed by atoms with Gasteiger partial charge in [-0.25, -0.2) is 0 Å². The number of nitrogens with zero attached hydrogens (tertiary/aromatic N) is 2. The molecule has 0 radical (unpaired) electrons. The summed E-state index contributed by atoms with van der Waals surface area (Å²) in [5.74, 6) is 0.480. The highest BCUT2D eigenvalue weighted by molar-refractivity contribution is 7.13. The molecule has 0 aliphatic heterocycles. The van der Waals surface area contributed by atoms with E-state index in [9.17, 15) is 0 Å². The molecule has 1 heterocycles. The highest BCUT2D eigenvalue weighted by Crippen LogP contribution is 2.35. The summed E-state index contributed by atoms with van der Waals surface area (Å²) in [6.45, 7) is 4.82. The van der Waals surface area contributed by atoms with Crippen molar-refractivity contribution in [3.05, 3.63) is 33.3 Å². The van der Waals surface area contributed by atoms with Crippen LogP contribution in [-0.2, 0) is 6.54 Å². The van der Waals surface area contributed by atoms with Crippen molar-refractivity contribution >= 4 is 34.5 Å². The quantitative estimate of drug-likeness (QED) is 0.900. The third-order valence-corrected chi connectivity index (χ3v) is 3.83. The van der Waals surface area contributed by atoms with Crippen LogP contribution < -0.4 is 10.1 Å². The fraction of sp³-hybridized carbons (Fsp3) is 0.333. The Balaban J connectivity index is 2.05. The lowest BCUT2D eigenvalue weighted by molar-refractivity contribution is 0.473. The standard InChI is InChI=1S/C12H13Cl2N3OS/c1-7(2)15-6-10-16-17-12(19-10)18-9-5-3-4-8(13)11(9)14/h3-5,7,15H,6H2,1-2H3. The summed E-state index contributed by atoms with van der Waals surface area (Å²) in [6.07, 6.45) is 0. The second-order valence-electron chi connectivity index (χ2n) is 4.15. The summed E-state index contributed by atoms with van der Waals surface area (Å²) in [5, 5.41) is 13.4. The largest absolute Gasteiger partial charge is 0.428 e. The summed E-state index contributed by atoms with van der Waals surface area (Å²) < 4.78 is 5.58. The minimum atomic E-state index is 0.376. The van der Waals surface area contributed by atoms with Crippen LogP contribution in [0.15, 0.2) is 18.2 Å². The smallest absolute Gasteiger partial charge is 0.299 e. The van der Waals surface area contributed by atoms with E-state index in [0.717, 1.165) is 5.01 Å². The Labute approximate surface area is 125 Å². The average molecular weight is 318 g/mol. The van der Waals surface area contributed by atoms with Gasteiger partial charge in [0.15, 0.2) is 5.75 Å². The van der Waals surface area contributed by atoms with Gasteiger partial charge in [0.05, 0.1) is 11.6 Å². The van der Waals surface area contributed by atoms with Gasteiger partial charge in [-0.3, -0.25) is 0 Å². The predicted octanol–water partition coefficient (Wildman–Crippen LogP) is 4.14. The van der Waals surface area contributed by atoms with E-state index in [1.54, 1.807) is 18.2 Å². The lowest BCUT2D eigenvalue weighted by Crippen LogP contribution is -2.21. The molecular formula is C12H13Cl2N3OS. The number of halogens is 2. The molecule has 1 aromatic heterocycles. The molecule has 0 fully saturated rings. The van der Waals surface area contributed by atoms with Gasteiger partial charge in [-0.05, 0) is 12.1 Å². The molecular weight excluding hydrogens is 305 g/mol. The third kappa shape index (κ3) is 4.04. The Morgan fingerprint density at radius 2 is 2.11 bits per heavy atom. The van der Waals surface area contributed by atoms with Crippen LogP contribution in [0.4, 0.5) is 0 Å². The molecule has 0 bridgehead atoms. The second kappa shape index (κ2) is 6.52. The zero-order chi connectivity index (χ0) is 13.8. The molecule has 0 spiro atoms. The molecule has 0 aliphatic rings. The van der Waals surface area contributed by atoms with Gasteiger partial charge in [0.2, 0.25) is 0 Å². The van der Waals surface area contributed by atoms with Crippen molar-refractivity contribution in [3.8, 4) is 10.9 Å². The number of benzene rings is 1. The number of nitrogens with one attached hydrogen (secondary N) is 1. The average Bonchev–Trinajstić information content (AvgIpc) is 2.80. The van der Waals surface area contributed by atoms with E-state index in [4.69, 9.17) is 27.9 Å². The molecule has 0 aliphatic carbocycles. The van der Waals surface area contributed by atoms with Gasteiger partial charge in [-0.15, -0.1) is 5.10 Å². The Bertz CT molecular complexity index is 560. The predicted molar refractivity (Wildman–Crippen MR) is 78.4 cm³/mol. The van der Waals surface area contributed by atoms with E-state index in [1.165, 1.54) is 11.3 Å². The van der Waals surface area contributed by atoms with Crippen LogP contribution in [0.25, 0.3) is 0 Å². The normalized spacial score (nSPS) is 11.0. The van der Waals surface area contributed by atoms with Gasteiger partial charge in [-0.2, -0.15) is 0 Å². The topological polar surface area (TPSA) is 47.0 Å². The molecule has 0 amide bonds. The van der Waals surface area contributed by atoms with Gasteiger partial charge >= 0.3 is 0 Å². The van der Waals surface area contributed by atoms with Crippen LogP contribution in [0, 0.1) is 0 Å². The van der Waals surface area contributed by atoms with Crippen LogP contribution in [0.5, 0.6) is 10.9 Å². The van der Waals surface area contributed by atoms with Crippen LogP contribution in [0.2, 0.25) is 10.0 Å². The van der Waals surface area contributed by atoms with Crippen molar-refractivity contribution in [1.82, 2.24) is 15.5 Å². The molecule has 0 saturated heterocycles. The zero-order valence-electron chi connectivity index (χ0n) is 10.5. The molecule has 0 atom stereocenters. The highest BCUT2D eigenvalue weighted by Gasteiger charge is 2.10. The summed E-state index contributed by atoms with van der Waals surface area (Å²) >= 11 is 13.3. The van der Waals surface area contributed by atoms with Crippen molar-refractivity contribution in [3.63, 3.8) is 0 Å². The molecule has 0 saturated carbocycles. The van der Waals surface area contributed by atoms with E-state index in [2.05, 4.69) is 29.4 Å². The molecule has 4 nitrogen and oxygen atoms in total. The second-order valence-corrected chi connectivity index (χ2v) is 5.96. The van der Waals surface area contributed by atoms with Crippen molar-refractivity contribution in [2.45, 2.75) is 26.4 Å². The number of hydrogen-bond acceptors (Lipinski definition) is 5. The van der Waals surface area contributed by atoms with Gasteiger partial charge in [0.25, 0.3) is 5.19 Å². The summed E-state index contributed by atoms with van der Waals surface area (Å²) in [7, 11) is 0.